The van der Waals surface area contributed by atoms with Crippen LogP contribution < -0.4 is 0 Å². The first kappa shape index (κ1) is 13.5. The summed E-state index contributed by atoms with van der Waals surface area (Å²) >= 11 is 0. The Morgan fingerprint density at radius 2 is 1.79 bits per heavy atom. The van der Waals surface area contributed by atoms with Crippen LogP contribution in [0.1, 0.15) is 47.5 Å². The molecule has 1 unspecified atom stereocenters. The number of hydrogen-bond acceptors (Lipinski definition) is 1. The summed E-state index contributed by atoms with van der Waals surface area (Å²) < 4.78 is 0. The molecule has 0 fully saturated rings. The summed E-state index contributed by atoms with van der Waals surface area (Å²) in [7, 11) is 4.29. The van der Waals surface area contributed by atoms with Gasteiger partial charge < -0.3 is 4.90 Å². The summed E-state index contributed by atoms with van der Waals surface area (Å²) in [4.78, 5) is 2.26. The summed E-state index contributed by atoms with van der Waals surface area (Å²) in [6.45, 7) is 11.4. The van der Waals surface area contributed by atoms with Crippen LogP contribution in [-0.2, 0) is 0 Å². The zero-order valence-corrected chi connectivity index (χ0v) is 11.0. The van der Waals surface area contributed by atoms with Crippen LogP contribution in [0.2, 0.25) is 0 Å². The van der Waals surface area contributed by atoms with Crippen molar-refractivity contribution in [2.24, 2.45) is 11.3 Å². The predicted octanol–water partition coefficient (Wildman–Crippen LogP) is 3.91. The van der Waals surface area contributed by atoms with Gasteiger partial charge in [0.2, 0.25) is 0 Å². The molecule has 0 bridgehead atoms. The molecule has 0 radical (unpaired) electrons. The van der Waals surface area contributed by atoms with E-state index in [0.717, 1.165) is 0 Å². The van der Waals surface area contributed by atoms with Crippen molar-refractivity contribution in [3.05, 3.63) is 11.8 Å². The lowest BCUT2D eigenvalue weighted by atomic mass is 9.76. The van der Waals surface area contributed by atoms with Crippen molar-refractivity contribution in [2.75, 3.05) is 14.1 Å². The van der Waals surface area contributed by atoms with E-state index in [1.807, 2.05) is 0 Å². The second-order valence-electron chi connectivity index (χ2n) is 5.32. The van der Waals surface area contributed by atoms with Gasteiger partial charge in [-0.15, -0.1) is 0 Å². The molecule has 84 valence electrons. The molecule has 0 aliphatic rings. The minimum atomic E-state index is 0.363. The highest BCUT2D eigenvalue weighted by atomic mass is 15.1. The Hall–Kier alpha value is -0.460. The van der Waals surface area contributed by atoms with Crippen LogP contribution in [0, 0.1) is 11.3 Å². The fourth-order valence-electron chi connectivity index (χ4n) is 2.08. The number of allylic oxidation sites excluding steroid dienone is 2. The maximum Gasteiger partial charge on any atom is 0.0121 e. The Bertz CT molecular complexity index is 184. The van der Waals surface area contributed by atoms with Crippen molar-refractivity contribution in [2.45, 2.75) is 47.5 Å². The Kier molecular flexibility index (Phi) is 5.25. The summed E-state index contributed by atoms with van der Waals surface area (Å²) in [5.41, 5.74) is 1.83. The average molecular weight is 197 g/mol. The minimum absolute atomic E-state index is 0.363. The van der Waals surface area contributed by atoms with Gasteiger partial charge in [0.25, 0.3) is 0 Å². The van der Waals surface area contributed by atoms with E-state index in [1.54, 1.807) is 0 Å². The third-order valence-electron chi connectivity index (χ3n) is 2.79. The van der Waals surface area contributed by atoms with Gasteiger partial charge in [-0.25, -0.2) is 0 Å². The van der Waals surface area contributed by atoms with Gasteiger partial charge in [-0.3, -0.25) is 0 Å². The molecular formula is C13H27N. The summed E-state index contributed by atoms with van der Waals surface area (Å²) in [6.07, 6.45) is 4.79. The molecule has 0 N–H and O–H groups in total. The van der Waals surface area contributed by atoms with Gasteiger partial charge in [-0.05, 0) is 18.8 Å². The van der Waals surface area contributed by atoms with E-state index in [2.05, 4.69) is 59.7 Å². The molecule has 1 nitrogen and oxygen atoms in total. The molecule has 0 aromatic rings. The quantitative estimate of drug-likeness (QED) is 0.660. The van der Waals surface area contributed by atoms with Gasteiger partial charge >= 0.3 is 0 Å². The van der Waals surface area contributed by atoms with Crippen LogP contribution >= 0.6 is 0 Å². The lowest BCUT2D eigenvalue weighted by Crippen LogP contribution is -2.29. The third kappa shape index (κ3) is 3.73. The Morgan fingerprint density at radius 1 is 1.29 bits per heavy atom. The maximum atomic E-state index is 2.33. The molecule has 1 atom stereocenters. The number of hydrogen-bond donors (Lipinski definition) is 0. The van der Waals surface area contributed by atoms with Crippen molar-refractivity contribution >= 4 is 0 Å². The third-order valence-corrected chi connectivity index (χ3v) is 2.79. The molecule has 0 aromatic carbocycles. The molecule has 0 aromatic heterocycles. The molecule has 0 heterocycles. The van der Waals surface area contributed by atoms with Crippen LogP contribution in [0.4, 0.5) is 0 Å². The van der Waals surface area contributed by atoms with Gasteiger partial charge in [0.05, 0.1) is 0 Å². The Balaban J connectivity index is 4.81. The molecule has 0 spiro atoms. The van der Waals surface area contributed by atoms with Crippen molar-refractivity contribution < 1.29 is 0 Å². The van der Waals surface area contributed by atoms with Crippen LogP contribution in [-0.4, -0.2) is 19.0 Å². The molecule has 14 heavy (non-hydrogen) atoms. The van der Waals surface area contributed by atoms with E-state index in [-0.39, 0.29) is 0 Å². The molecular weight excluding hydrogens is 170 g/mol. The fraction of sp³-hybridized carbons (Fsp3) is 0.846. The second-order valence-corrected chi connectivity index (χ2v) is 5.32. The Labute approximate surface area is 90.2 Å². The monoisotopic (exact) mass is 197 g/mol. The lowest BCUT2D eigenvalue weighted by molar-refractivity contribution is 0.222. The maximum absolute atomic E-state index is 2.33. The zero-order chi connectivity index (χ0) is 11.4. The first-order chi connectivity index (χ1) is 6.34. The standard InChI is InChI=1S/C13H27N/c1-8-10-11(13(3,4)5)12(9-2)14(6)7/h9,11H,8,10H2,1-7H3. The number of rotatable bonds is 4. The molecule has 0 saturated heterocycles. The molecule has 0 saturated carbocycles. The molecule has 0 aliphatic heterocycles. The summed E-state index contributed by atoms with van der Waals surface area (Å²) in [5, 5.41) is 0. The van der Waals surface area contributed by atoms with Crippen LogP contribution in [0.5, 0.6) is 0 Å². The highest BCUT2D eigenvalue weighted by Crippen LogP contribution is 2.36. The van der Waals surface area contributed by atoms with Crippen molar-refractivity contribution in [1.29, 1.82) is 0 Å². The largest absolute Gasteiger partial charge is 0.381 e. The highest BCUT2D eigenvalue weighted by molar-refractivity contribution is 5.06. The van der Waals surface area contributed by atoms with Crippen LogP contribution in [0.15, 0.2) is 11.8 Å². The first-order valence-electron chi connectivity index (χ1n) is 5.68. The van der Waals surface area contributed by atoms with E-state index >= 15 is 0 Å². The van der Waals surface area contributed by atoms with Crippen molar-refractivity contribution in [1.82, 2.24) is 4.90 Å². The van der Waals surface area contributed by atoms with Gasteiger partial charge in [-0.2, -0.15) is 0 Å². The second kappa shape index (κ2) is 5.43. The van der Waals surface area contributed by atoms with Crippen LogP contribution in [0.3, 0.4) is 0 Å². The summed E-state index contributed by atoms with van der Waals surface area (Å²) in [6, 6.07) is 0. The summed E-state index contributed by atoms with van der Waals surface area (Å²) in [5.74, 6) is 0.674. The van der Waals surface area contributed by atoms with Crippen molar-refractivity contribution in [3.8, 4) is 0 Å². The van der Waals surface area contributed by atoms with E-state index in [4.69, 9.17) is 0 Å². The topological polar surface area (TPSA) is 3.24 Å². The van der Waals surface area contributed by atoms with E-state index in [9.17, 15) is 0 Å². The van der Waals surface area contributed by atoms with E-state index in [0.29, 0.717) is 11.3 Å². The highest BCUT2D eigenvalue weighted by Gasteiger charge is 2.27. The SMILES string of the molecule is CC=C(C(CCC)C(C)(C)C)N(C)C. The first-order valence-corrected chi connectivity index (χ1v) is 5.68. The Morgan fingerprint density at radius 3 is 2.00 bits per heavy atom. The lowest BCUT2D eigenvalue weighted by Gasteiger charge is -2.36. The van der Waals surface area contributed by atoms with Gasteiger partial charge in [-0.1, -0.05) is 40.2 Å². The molecule has 0 rings (SSSR count). The van der Waals surface area contributed by atoms with E-state index < -0.39 is 0 Å². The molecule has 0 aliphatic carbocycles. The normalized spacial score (nSPS) is 15.5. The fourth-order valence-corrected chi connectivity index (χ4v) is 2.08. The number of nitrogens with zero attached hydrogens (tertiary/aromatic N) is 1. The van der Waals surface area contributed by atoms with Gasteiger partial charge in [0.15, 0.2) is 0 Å². The predicted molar refractivity (Wildman–Crippen MR) is 65.3 cm³/mol. The molecule has 0 amide bonds. The van der Waals surface area contributed by atoms with Crippen molar-refractivity contribution in [3.63, 3.8) is 0 Å². The average Bonchev–Trinajstić information content (AvgIpc) is 2.02. The smallest absolute Gasteiger partial charge is 0.0121 e. The van der Waals surface area contributed by atoms with E-state index in [1.165, 1.54) is 18.5 Å². The minimum Gasteiger partial charge on any atom is -0.381 e. The van der Waals surface area contributed by atoms with Gasteiger partial charge in [0.1, 0.15) is 0 Å². The van der Waals surface area contributed by atoms with Crippen LogP contribution in [0.25, 0.3) is 0 Å². The zero-order valence-electron chi connectivity index (χ0n) is 11.0. The van der Waals surface area contributed by atoms with Gasteiger partial charge in [0, 0.05) is 25.7 Å². The molecule has 1 heteroatoms.